The first-order valence-electron chi connectivity index (χ1n) is 0.816. The maximum atomic E-state index is 2.04. The monoisotopic (exact) mass is 165 g/mol. The first-order chi connectivity index (χ1) is 1.41. The molecule has 0 aromatic carbocycles. The number of hydrogen-bond donors (Lipinski definition) is 0. The third-order valence-corrected chi connectivity index (χ3v) is 0. The van der Waals surface area contributed by atoms with Gasteiger partial charge in [0.2, 0.25) is 0 Å². The van der Waals surface area contributed by atoms with Crippen LogP contribution in [0, 0.1) is 0 Å². The van der Waals surface area contributed by atoms with E-state index in [4.69, 9.17) is 0 Å². The summed E-state index contributed by atoms with van der Waals surface area (Å²) in [6.07, 6.45) is 4.08. The largest absolute Gasteiger partial charge is 3.00 e. The third-order valence-electron chi connectivity index (χ3n) is 0. The fourth-order valence-corrected chi connectivity index (χ4v) is 0. The van der Waals surface area contributed by atoms with Gasteiger partial charge in [0.15, 0.2) is 0 Å². The van der Waals surface area contributed by atoms with Crippen molar-refractivity contribution < 1.29 is 19.5 Å². The van der Waals surface area contributed by atoms with Gasteiger partial charge in [-0.2, -0.15) is 11.8 Å². The van der Waals surface area contributed by atoms with Crippen LogP contribution in [0.5, 0.6) is 0 Å². The minimum atomic E-state index is 0. The van der Waals surface area contributed by atoms with E-state index in [1.807, 2.05) is 12.5 Å². The summed E-state index contributed by atoms with van der Waals surface area (Å²) < 4.78 is 0. The maximum Gasteiger partial charge on any atom is 3.00 e. The fourth-order valence-electron chi connectivity index (χ4n) is 0. The zero-order valence-electron chi connectivity index (χ0n) is 2.74. The van der Waals surface area contributed by atoms with Gasteiger partial charge in [-0.05, 0) is 12.5 Å². The van der Waals surface area contributed by atoms with E-state index >= 15 is 0 Å². The normalized spacial score (nSPS) is 4.50. The van der Waals surface area contributed by atoms with Crippen molar-refractivity contribution in [3.8, 4) is 0 Å². The van der Waals surface area contributed by atoms with Crippen molar-refractivity contribution in [1.29, 1.82) is 0 Å². The van der Waals surface area contributed by atoms with E-state index in [0.717, 1.165) is 0 Å². The maximum absolute atomic E-state index is 2.04. The average molecular weight is 165 g/mol. The number of hydrogen-bond acceptors (Lipinski definition) is 1. The van der Waals surface area contributed by atoms with Gasteiger partial charge in [-0.25, -0.2) is 0 Å². The van der Waals surface area contributed by atoms with Crippen LogP contribution in [0.2, 0.25) is 0 Å². The van der Waals surface area contributed by atoms with E-state index in [0.29, 0.717) is 0 Å². The number of thioether (sulfide) groups is 1. The molecule has 0 heterocycles. The summed E-state index contributed by atoms with van der Waals surface area (Å²) >= 11 is 1.75. The molecule has 0 fully saturated rings. The Morgan fingerprint density at radius 2 is 1.25 bits per heavy atom. The minimum absolute atomic E-state index is 0. The Morgan fingerprint density at radius 3 is 1.25 bits per heavy atom. The molecule has 0 N–H and O–H groups in total. The zero-order valence-corrected chi connectivity index (χ0v) is 5.20. The van der Waals surface area contributed by atoms with Crippen molar-refractivity contribution in [3.63, 3.8) is 0 Å². The van der Waals surface area contributed by atoms with Crippen LogP contribution in [-0.4, -0.2) is 12.5 Å². The molecule has 4 heavy (non-hydrogen) atoms. The summed E-state index contributed by atoms with van der Waals surface area (Å²) in [5.41, 5.74) is 0. The summed E-state index contributed by atoms with van der Waals surface area (Å²) in [5, 5.41) is 0. The topological polar surface area (TPSA) is 0 Å². The molecule has 0 rings (SSSR count). The summed E-state index contributed by atoms with van der Waals surface area (Å²) in [6, 6.07) is 0. The SMILES string of the molecule is CSC.[Rh+3]. The van der Waals surface area contributed by atoms with Gasteiger partial charge in [-0.3, -0.25) is 0 Å². The van der Waals surface area contributed by atoms with Gasteiger partial charge >= 0.3 is 19.5 Å². The predicted molar refractivity (Wildman–Crippen MR) is 19.4 cm³/mol. The van der Waals surface area contributed by atoms with Crippen LogP contribution in [0.4, 0.5) is 0 Å². The molecule has 0 aromatic heterocycles. The van der Waals surface area contributed by atoms with Gasteiger partial charge in [0.05, 0.1) is 0 Å². The molecule has 0 bridgehead atoms. The van der Waals surface area contributed by atoms with E-state index in [1.165, 1.54) is 0 Å². The van der Waals surface area contributed by atoms with E-state index < -0.39 is 0 Å². The van der Waals surface area contributed by atoms with Crippen molar-refractivity contribution in [2.24, 2.45) is 0 Å². The zero-order chi connectivity index (χ0) is 2.71. The van der Waals surface area contributed by atoms with Gasteiger partial charge in [-0.15, -0.1) is 0 Å². The van der Waals surface area contributed by atoms with Crippen LogP contribution in [0.15, 0.2) is 0 Å². The quantitative estimate of drug-likeness (QED) is 0.482. The molecule has 0 saturated carbocycles. The smallest absolute Gasteiger partial charge is 0.169 e. The summed E-state index contributed by atoms with van der Waals surface area (Å²) in [4.78, 5) is 0. The second-order valence-corrected chi connectivity index (χ2v) is 1.22. The van der Waals surface area contributed by atoms with Crippen LogP contribution < -0.4 is 0 Å². The molecule has 0 aliphatic rings. The van der Waals surface area contributed by atoms with Crippen LogP contribution in [0.25, 0.3) is 0 Å². The molecule has 0 spiro atoms. The molecular weight excluding hydrogens is 159 g/mol. The molecular formula is C2H6RhS+3. The molecule has 0 saturated heterocycles. The van der Waals surface area contributed by atoms with Crippen molar-refractivity contribution in [2.75, 3.05) is 12.5 Å². The molecule has 0 aliphatic carbocycles. The summed E-state index contributed by atoms with van der Waals surface area (Å²) in [6.45, 7) is 0. The molecule has 26 valence electrons. The Morgan fingerprint density at radius 1 is 1.25 bits per heavy atom. The Balaban J connectivity index is 0. The first kappa shape index (κ1) is 8.88. The van der Waals surface area contributed by atoms with Crippen molar-refractivity contribution in [1.82, 2.24) is 0 Å². The third kappa shape index (κ3) is 12.2. The summed E-state index contributed by atoms with van der Waals surface area (Å²) in [5.74, 6) is 0. The molecule has 0 aromatic rings. The Labute approximate surface area is 44.1 Å². The molecule has 0 atom stereocenters. The summed E-state index contributed by atoms with van der Waals surface area (Å²) in [7, 11) is 0. The molecule has 0 nitrogen and oxygen atoms in total. The predicted octanol–water partition coefficient (Wildman–Crippen LogP) is 0.977. The number of rotatable bonds is 0. The average Bonchev–Trinajstić information content (AvgIpc) is 0.918. The van der Waals surface area contributed by atoms with E-state index in [9.17, 15) is 0 Å². The van der Waals surface area contributed by atoms with Gasteiger partial charge < -0.3 is 0 Å². The van der Waals surface area contributed by atoms with Crippen LogP contribution in [-0.2, 0) is 19.5 Å². The Hall–Kier alpha value is 0.973. The van der Waals surface area contributed by atoms with Crippen molar-refractivity contribution in [2.45, 2.75) is 0 Å². The minimum Gasteiger partial charge on any atom is -0.169 e. The van der Waals surface area contributed by atoms with Gasteiger partial charge in [-0.1, -0.05) is 0 Å². The Bertz CT molecular complexity index is 6.00. The van der Waals surface area contributed by atoms with Gasteiger partial charge in [0.25, 0.3) is 0 Å². The van der Waals surface area contributed by atoms with Gasteiger partial charge in [0, 0.05) is 0 Å². The molecule has 0 unspecified atom stereocenters. The second-order valence-electron chi connectivity index (χ2n) is 0.408. The van der Waals surface area contributed by atoms with Crippen LogP contribution >= 0.6 is 11.8 Å². The van der Waals surface area contributed by atoms with Gasteiger partial charge in [0.1, 0.15) is 0 Å². The van der Waals surface area contributed by atoms with Crippen LogP contribution in [0.1, 0.15) is 0 Å². The van der Waals surface area contributed by atoms with E-state index in [1.54, 1.807) is 11.8 Å². The molecule has 0 radical (unpaired) electrons. The van der Waals surface area contributed by atoms with Crippen molar-refractivity contribution >= 4 is 11.8 Å². The first-order valence-corrected chi connectivity index (χ1v) is 2.45. The van der Waals surface area contributed by atoms with Crippen LogP contribution in [0.3, 0.4) is 0 Å². The molecule has 0 amide bonds. The molecule has 0 aliphatic heterocycles. The Kier molecular flexibility index (Phi) is 20.0. The fraction of sp³-hybridized carbons (Fsp3) is 1.00. The molecule has 2 heteroatoms. The van der Waals surface area contributed by atoms with E-state index in [-0.39, 0.29) is 19.5 Å². The van der Waals surface area contributed by atoms with E-state index in [2.05, 4.69) is 0 Å². The standard InChI is InChI=1S/C2H6S.Rh/c1-3-2;/h1-2H3;/q;+3. The second kappa shape index (κ2) is 9.02. The van der Waals surface area contributed by atoms with Crippen molar-refractivity contribution in [3.05, 3.63) is 0 Å².